The van der Waals surface area contributed by atoms with Crippen LogP contribution < -0.4 is 0 Å². The van der Waals surface area contributed by atoms with E-state index in [4.69, 9.17) is 0 Å². The predicted octanol–water partition coefficient (Wildman–Crippen LogP) is 0.964. The molecule has 1 unspecified atom stereocenters. The van der Waals surface area contributed by atoms with Gasteiger partial charge in [-0.15, -0.1) is 0 Å². The molecular weight excluding hydrogens is 270 g/mol. The van der Waals surface area contributed by atoms with Gasteiger partial charge < -0.3 is 20.1 Å². The van der Waals surface area contributed by atoms with Gasteiger partial charge in [-0.1, -0.05) is 6.92 Å². The summed E-state index contributed by atoms with van der Waals surface area (Å²) in [4.78, 5) is 12.9. The van der Waals surface area contributed by atoms with Crippen molar-refractivity contribution in [3.05, 3.63) is 5.21 Å². The zero-order valence-electron chi connectivity index (χ0n) is 12.6. The molecule has 21 heavy (non-hydrogen) atoms. The van der Waals surface area contributed by atoms with Crippen LogP contribution in [0.4, 0.5) is 0 Å². The van der Waals surface area contributed by atoms with E-state index >= 15 is 0 Å². The van der Waals surface area contributed by atoms with E-state index in [9.17, 15) is 20.2 Å². The van der Waals surface area contributed by atoms with Gasteiger partial charge in [0.1, 0.15) is 0 Å². The van der Waals surface area contributed by atoms with Crippen molar-refractivity contribution in [2.24, 2.45) is 17.3 Å². The maximum Gasteiger partial charge on any atom is 0.194 e. The second kappa shape index (κ2) is 4.07. The van der Waals surface area contributed by atoms with Crippen molar-refractivity contribution in [2.75, 3.05) is 13.1 Å². The van der Waals surface area contributed by atoms with Crippen molar-refractivity contribution < 1.29 is 19.7 Å². The van der Waals surface area contributed by atoms with Crippen LogP contribution in [0, 0.1) is 22.5 Å². The van der Waals surface area contributed by atoms with E-state index in [0.29, 0.717) is 25.9 Å². The number of quaternary nitrogens is 1. The first-order chi connectivity index (χ1) is 9.89. The molecule has 0 aromatic rings. The van der Waals surface area contributed by atoms with Crippen LogP contribution in [0.1, 0.15) is 45.4 Å². The largest absolute Gasteiger partial charge is 0.632 e. The van der Waals surface area contributed by atoms with Crippen molar-refractivity contribution in [2.45, 2.75) is 63.2 Å². The molecule has 2 N–H and O–H groups in total. The number of nitrogens with zero attached hydrogens (tertiary/aromatic N) is 1. The highest BCUT2D eigenvalue weighted by atomic mass is 16.6. The summed E-state index contributed by atoms with van der Waals surface area (Å²) in [6.45, 7) is 2.93. The van der Waals surface area contributed by atoms with Crippen molar-refractivity contribution in [1.82, 2.24) is 0 Å². The summed E-state index contributed by atoms with van der Waals surface area (Å²) in [5.41, 5.74) is -1.64. The van der Waals surface area contributed by atoms with Crippen molar-refractivity contribution in [3.8, 4) is 0 Å². The average molecular weight is 295 g/mol. The standard InChI is InChI=1S/C16H25NO4/c1-10-8-12(18)15-4-2-6-17(21)7-3-5-16(15,17)13(19)9-11(15)14(10)20/h10-12,14,18,20H,2-9H2,1H3/t10-,11+,12-,14-,15+,16-,17?/m0/s1. The molecule has 2 aliphatic heterocycles. The van der Waals surface area contributed by atoms with Crippen LogP contribution >= 0.6 is 0 Å². The van der Waals surface area contributed by atoms with Crippen molar-refractivity contribution >= 4 is 5.78 Å². The van der Waals surface area contributed by atoms with Gasteiger partial charge in [0.25, 0.3) is 0 Å². The minimum Gasteiger partial charge on any atom is -0.632 e. The van der Waals surface area contributed by atoms with Crippen LogP contribution in [0.2, 0.25) is 0 Å². The van der Waals surface area contributed by atoms with Gasteiger partial charge in [0, 0.05) is 25.2 Å². The Bertz CT molecular complexity index is 497. The predicted molar refractivity (Wildman–Crippen MR) is 75.9 cm³/mol. The topological polar surface area (TPSA) is 80.6 Å². The van der Waals surface area contributed by atoms with Crippen LogP contribution in [0.5, 0.6) is 0 Å². The number of aliphatic hydroxyl groups excluding tert-OH is 2. The Hall–Kier alpha value is -0.490. The van der Waals surface area contributed by atoms with Crippen LogP contribution in [0.3, 0.4) is 0 Å². The van der Waals surface area contributed by atoms with E-state index in [2.05, 4.69) is 0 Å². The molecule has 0 aromatic heterocycles. The molecule has 118 valence electrons. The van der Waals surface area contributed by atoms with Gasteiger partial charge in [-0.3, -0.25) is 4.79 Å². The minimum absolute atomic E-state index is 0.00421. The Kier molecular flexibility index (Phi) is 2.74. The van der Waals surface area contributed by atoms with Crippen LogP contribution in [0.25, 0.3) is 0 Å². The first-order valence-electron chi connectivity index (χ1n) is 8.37. The van der Waals surface area contributed by atoms with Crippen molar-refractivity contribution in [3.63, 3.8) is 0 Å². The first kappa shape index (κ1) is 14.1. The second-order valence-electron chi connectivity index (χ2n) is 7.90. The van der Waals surface area contributed by atoms with E-state index in [-0.39, 0.29) is 24.0 Å². The highest BCUT2D eigenvalue weighted by Crippen LogP contribution is 2.68. The number of hydrogen-bond donors (Lipinski definition) is 2. The van der Waals surface area contributed by atoms with Crippen LogP contribution in [-0.4, -0.2) is 51.5 Å². The number of ketones is 1. The summed E-state index contributed by atoms with van der Waals surface area (Å²) < 4.78 is -0.430. The molecule has 2 spiro atoms. The summed E-state index contributed by atoms with van der Waals surface area (Å²) in [6, 6.07) is 0. The molecule has 0 bridgehead atoms. The molecule has 0 amide bonds. The zero-order valence-corrected chi connectivity index (χ0v) is 12.6. The smallest absolute Gasteiger partial charge is 0.194 e. The average Bonchev–Trinajstić information content (AvgIpc) is 2.92. The summed E-state index contributed by atoms with van der Waals surface area (Å²) >= 11 is 0. The molecule has 4 aliphatic rings. The zero-order chi connectivity index (χ0) is 15.0. The molecule has 7 atom stereocenters. The molecule has 5 heteroatoms. The molecule has 2 saturated heterocycles. The molecule has 0 radical (unpaired) electrons. The Labute approximate surface area is 125 Å². The Morgan fingerprint density at radius 3 is 2.62 bits per heavy atom. The Morgan fingerprint density at radius 2 is 1.90 bits per heavy atom. The van der Waals surface area contributed by atoms with Gasteiger partial charge in [0.15, 0.2) is 11.3 Å². The second-order valence-corrected chi connectivity index (χ2v) is 7.90. The molecule has 5 nitrogen and oxygen atoms in total. The van der Waals surface area contributed by atoms with Gasteiger partial charge in [-0.2, -0.15) is 0 Å². The number of rotatable bonds is 0. The van der Waals surface area contributed by atoms with E-state index in [1.165, 1.54) is 0 Å². The van der Waals surface area contributed by atoms with Crippen LogP contribution in [-0.2, 0) is 4.79 Å². The summed E-state index contributed by atoms with van der Waals surface area (Å²) in [5.74, 6) is -0.212. The third-order valence-electron chi connectivity index (χ3n) is 7.35. The summed E-state index contributed by atoms with van der Waals surface area (Å²) in [5, 5.41) is 35.0. The lowest BCUT2D eigenvalue weighted by Gasteiger charge is -2.64. The van der Waals surface area contributed by atoms with Gasteiger partial charge in [0.05, 0.1) is 30.7 Å². The third-order valence-corrected chi connectivity index (χ3v) is 7.35. The third kappa shape index (κ3) is 1.31. The first-order valence-corrected chi connectivity index (χ1v) is 8.37. The highest BCUT2D eigenvalue weighted by molar-refractivity contribution is 5.92. The van der Waals surface area contributed by atoms with Gasteiger partial charge >= 0.3 is 0 Å². The Morgan fingerprint density at radius 1 is 1.24 bits per heavy atom. The molecule has 2 aliphatic carbocycles. The van der Waals surface area contributed by atoms with Gasteiger partial charge in [-0.25, -0.2) is 0 Å². The number of carbonyl (C=O) groups excluding carboxylic acids is 1. The summed E-state index contributed by atoms with van der Waals surface area (Å²) in [6.07, 6.45) is 2.44. The van der Waals surface area contributed by atoms with E-state index in [0.717, 1.165) is 19.3 Å². The fraction of sp³-hybridized carbons (Fsp3) is 0.938. The van der Waals surface area contributed by atoms with E-state index < -0.39 is 27.8 Å². The maximum atomic E-state index is 13.4. The number of aliphatic hydroxyl groups is 2. The normalized spacial score (nSPS) is 59.5. The lowest BCUT2D eigenvalue weighted by atomic mass is 9.52. The number of hydroxylamine groups is 3. The van der Waals surface area contributed by atoms with E-state index in [1.807, 2.05) is 6.92 Å². The lowest BCUT2D eigenvalue weighted by Crippen LogP contribution is -2.74. The van der Waals surface area contributed by atoms with E-state index in [1.54, 1.807) is 0 Å². The fourth-order valence-corrected chi connectivity index (χ4v) is 6.62. The lowest BCUT2D eigenvalue weighted by molar-refractivity contribution is -0.924. The molecule has 0 aromatic carbocycles. The SMILES string of the molecule is C[C@H]1C[C@H](O)[C@]23CCC[N+]4([O-])CCC[C@]24C(=O)C[C@@H]3[C@H]1O. The van der Waals surface area contributed by atoms with Crippen molar-refractivity contribution in [1.29, 1.82) is 0 Å². The number of piperidine rings is 1. The number of carbonyl (C=O) groups is 1. The molecule has 4 rings (SSSR count). The highest BCUT2D eigenvalue weighted by Gasteiger charge is 2.79. The maximum absolute atomic E-state index is 13.4. The fourth-order valence-electron chi connectivity index (χ4n) is 6.62. The summed E-state index contributed by atoms with van der Waals surface area (Å²) in [7, 11) is 0. The van der Waals surface area contributed by atoms with Gasteiger partial charge in [-0.05, 0) is 25.2 Å². The number of Topliss-reactive ketones (excluding diaryl/α,β-unsaturated/α-hetero) is 1. The Balaban J connectivity index is 1.92. The molecular formula is C16H25NO4. The van der Waals surface area contributed by atoms with Crippen LogP contribution in [0.15, 0.2) is 0 Å². The number of hydrogen-bond acceptors (Lipinski definition) is 4. The minimum atomic E-state index is -0.962. The molecule has 4 fully saturated rings. The molecule has 2 saturated carbocycles. The molecule has 2 heterocycles. The van der Waals surface area contributed by atoms with Gasteiger partial charge in [0.2, 0.25) is 0 Å². The quantitative estimate of drug-likeness (QED) is 0.515. The monoisotopic (exact) mass is 295 g/mol.